The minimum atomic E-state index is 0.502. The Morgan fingerprint density at radius 2 is 1.97 bits per heavy atom. The molecule has 9 heteroatoms. The van der Waals surface area contributed by atoms with Crippen LogP contribution < -0.4 is 17.0 Å². The van der Waals surface area contributed by atoms with Gasteiger partial charge in [-0.3, -0.25) is 20.1 Å². The van der Waals surface area contributed by atoms with E-state index >= 15 is 0 Å². The van der Waals surface area contributed by atoms with Crippen molar-refractivity contribution in [2.24, 2.45) is 17.9 Å². The van der Waals surface area contributed by atoms with Gasteiger partial charge in [-0.25, -0.2) is 15.8 Å². The lowest BCUT2D eigenvalue weighted by Gasteiger charge is -2.24. The van der Waals surface area contributed by atoms with E-state index in [0.717, 1.165) is 39.3 Å². The van der Waals surface area contributed by atoms with Crippen molar-refractivity contribution < 1.29 is 0 Å². The van der Waals surface area contributed by atoms with Crippen molar-refractivity contribution in [2.75, 3.05) is 5.73 Å². The fourth-order valence-electron chi connectivity index (χ4n) is 3.60. The maximum atomic E-state index is 5.95. The van der Waals surface area contributed by atoms with Gasteiger partial charge in [-0.1, -0.05) is 18.2 Å². The average Bonchev–Trinajstić information content (AvgIpc) is 3.32. The summed E-state index contributed by atoms with van der Waals surface area (Å²) in [6, 6.07) is 12.2. The zero-order chi connectivity index (χ0) is 20.7. The number of rotatable bonds is 4. The molecule has 0 saturated carbocycles. The van der Waals surface area contributed by atoms with Gasteiger partial charge in [0.1, 0.15) is 23.6 Å². The fraction of sp³-hybridized carbons (Fsp3) is 0.0952. The average molecular weight is 399 g/mol. The molecule has 0 saturated heterocycles. The molecule has 150 valence electrons. The standard InChI is InChI=1S/C21H21N9/c1-28-11-17(9-26-28)20-21-18(12-29(23)13-25-21)30(27-20)10-14-3-2-4-15(7-14)16-5-6-24-19(22)8-16/h2-9,11-13,27H,10,23H2,1H3,(H2,22,24). The number of nitrogens with one attached hydrogen (secondary N) is 1. The van der Waals surface area contributed by atoms with Crippen LogP contribution in [0.1, 0.15) is 11.1 Å². The van der Waals surface area contributed by atoms with Crippen molar-refractivity contribution in [1.29, 1.82) is 0 Å². The minimum absolute atomic E-state index is 0.502. The van der Waals surface area contributed by atoms with Crippen LogP contribution in [0.4, 0.5) is 5.82 Å². The quantitative estimate of drug-likeness (QED) is 0.573. The predicted octanol–water partition coefficient (Wildman–Crippen LogP) is 1.81. The Hall–Kier alpha value is -4.11. The number of hydrogen-bond donors (Lipinski definition) is 3. The number of aliphatic imine (C=N–C) groups is 1. The summed E-state index contributed by atoms with van der Waals surface area (Å²) in [4.78, 5) is 8.60. The fourth-order valence-corrected chi connectivity index (χ4v) is 3.60. The lowest BCUT2D eigenvalue weighted by molar-refractivity contribution is 0.302. The predicted molar refractivity (Wildman–Crippen MR) is 115 cm³/mol. The molecule has 4 heterocycles. The van der Waals surface area contributed by atoms with Crippen LogP contribution in [-0.2, 0) is 13.6 Å². The number of hydrazine groups is 2. The molecule has 2 aliphatic rings. The maximum Gasteiger partial charge on any atom is 0.123 e. The molecule has 9 nitrogen and oxygen atoms in total. The van der Waals surface area contributed by atoms with Crippen molar-refractivity contribution in [2.45, 2.75) is 6.54 Å². The normalized spacial score (nSPS) is 15.3. The molecule has 30 heavy (non-hydrogen) atoms. The molecule has 0 spiro atoms. The molecule has 5 N–H and O–H groups in total. The maximum absolute atomic E-state index is 5.95. The number of nitrogens with two attached hydrogens (primary N) is 2. The number of nitrogens with zero attached hydrogens (tertiary/aromatic N) is 6. The lowest BCUT2D eigenvalue weighted by atomic mass is 10.0. The molecule has 1 aromatic carbocycles. The molecule has 0 aliphatic carbocycles. The Kier molecular flexibility index (Phi) is 4.22. The highest BCUT2D eigenvalue weighted by molar-refractivity contribution is 5.77. The van der Waals surface area contributed by atoms with Gasteiger partial charge in [0.2, 0.25) is 0 Å². The molecule has 0 radical (unpaired) electrons. The van der Waals surface area contributed by atoms with Crippen LogP contribution in [0, 0.1) is 0 Å². The van der Waals surface area contributed by atoms with Gasteiger partial charge in [0.15, 0.2) is 0 Å². The first kappa shape index (κ1) is 18.0. The lowest BCUT2D eigenvalue weighted by Crippen LogP contribution is -2.33. The van der Waals surface area contributed by atoms with Gasteiger partial charge >= 0.3 is 0 Å². The zero-order valence-corrected chi connectivity index (χ0v) is 16.4. The first-order valence-corrected chi connectivity index (χ1v) is 9.44. The van der Waals surface area contributed by atoms with Crippen LogP contribution in [0.25, 0.3) is 16.8 Å². The summed E-state index contributed by atoms with van der Waals surface area (Å²) in [7, 11) is 1.89. The summed E-state index contributed by atoms with van der Waals surface area (Å²) in [5, 5.41) is 7.77. The Morgan fingerprint density at radius 3 is 2.77 bits per heavy atom. The van der Waals surface area contributed by atoms with E-state index in [-0.39, 0.29) is 0 Å². The molecule has 0 atom stereocenters. The second-order valence-electron chi connectivity index (χ2n) is 7.20. The highest BCUT2D eigenvalue weighted by Crippen LogP contribution is 2.34. The minimum Gasteiger partial charge on any atom is -0.384 e. The number of benzene rings is 1. The van der Waals surface area contributed by atoms with E-state index in [1.54, 1.807) is 17.2 Å². The summed E-state index contributed by atoms with van der Waals surface area (Å²) in [5.74, 6) is 6.45. The number of anilines is 1. The molecule has 2 aromatic heterocycles. The molecule has 0 bridgehead atoms. The summed E-state index contributed by atoms with van der Waals surface area (Å²) in [6.07, 6.45) is 8.93. The highest BCUT2D eigenvalue weighted by atomic mass is 15.6. The Morgan fingerprint density at radius 1 is 1.10 bits per heavy atom. The molecule has 0 fully saturated rings. The second kappa shape index (κ2) is 7.05. The first-order chi connectivity index (χ1) is 14.6. The first-order valence-electron chi connectivity index (χ1n) is 9.44. The summed E-state index contributed by atoms with van der Waals surface area (Å²) in [6.45, 7) is 0.622. The van der Waals surface area contributed by atoms with E-state index in [1.807, 2.05) is 48.8 Å². The van der Waals surface area contributed by atoms with E-state index in [0.29, 0.717) is 12.4 Å². The number of aromatic nitrogens is 3. The molecule has 5 rings (SSSR count). The van der Waals surface area contributed by atoms with E-state index < -0.39 is 0 Å². The zero-order valence-electron chi connectivity index (χ0n) is 16.4. The topological polar surface area (TPSA) is 114 Å². The van der Waals surface area contributed by atoms with E-state index in [4.69, 9.17) is 11.6 Å². The van der Waals surface area contributed by atoms with Gasteiger partial charge in [0, 0.05) is 31.2 Å². The van der Waals surface area contributed by atoms with Gasteiger partial charge in [-0.2, -0.15) is 5.10 Å². The Balaban J connectivity index is 1.45. The third-order valence-corrected chi connectivity index (χ3v) is 4.98. The largest absolute Gasteiger partial charge is 0.384 e. The van der Waals surface area contributed by atoms with Crippen LogP contribution in [-0.4, -0.2) is 31.1 Å². The van der Waals surface area contributed by atoms with Crippen LogP contribution >= 0.6 is 0 Å². The molecule has 0 unspecified atom stereocenters. The van der Waals surface area contributed by atoms with Crippen LogP contribution in [0.5, 0.6) is 0 Å². The van der Waals surface area contributed by atoms with Gasteiger partial charge < -0.3 is 5.73 Å². The third-order valence-electron chi connectivity index (χ3n) is 4.98. The number of nitrogen functional groups attached to an aromatic ring is 1. The number of fused-ring (bicyclic) bond motifs is 1. The third kappa shape index (κ3) is 3.27. The van der Waals surface area contributed by atoms with E-state index in [2.05, 4.69) is 38.7 Å². The van der Waals surface area contributed by atoms with E-state index in [1.165, 1.54) is 5.01 Å². The summed E-state index contributed by atoms with van der Waals surface area (Å²) < 4.78 is 1.77. The Bertz CT molecular complexity index is 1200. The second-order valence-corrected chi connectivity index (χ2v) is 7.20. The van der Waals surface area contributed by atoms with Gasteiger partial charge in [-0.05, 0) is 34.9 Å². The van der Waals surface area contributed by atoms with Crippen molar-refractivity contribution in [1.82, 2.24) is 30.2 Å². The van der Waals surface area contributed by atoms with Crippen molar-refractivity contribution in [3.8, 4) is 11.1 Å². The van der Waals surface area contributed by atoms with Crippen LogP contribution in [0.2, 0.25) is 0 Å². The number of pyridine rings is 1. The number of hydrogen-bond acceptors (Lipinski definition) is 8. The molecular weight excluding hydrogens is 378 g/mol. The van der Waals surface area contributed by atoms with Crippen molar-refractivity contribution >= 4 is 17.9 Å². The van der Waals surface area contributed by atoms with Gasteiger partial charge in [0.05, 0.1) is 18.4 Å². The summed E-state index contributed by atoms with van der Waals surface area (Å²) >= 11 is 0. The Labute approximate surface area is 173 Å². The molecular formula is C21H21N9. The van der Waals surface area contributed by atoms with Gasteiger partial charge in [0.25, 0.3) is 0 Å². The van der Waals surface area contributed by atoms with Crippen LogP contribution in [0.15, 0.2) is 77.6 Å². The molecule has 0 amide bonds. The smallest absolute Gasteiger partial charge is 0.123 e. The number of aryl methyl sites for hydroxylation is 1. The van der Waals surface area contributed by atoms with E-state index in [9.17, 15) is 0 Å². The highest BCUT2D eigenvalue weighted by Gasteiger charge is 2.30. The summed E-state index contributed by atoms with van der Waals surface area (Å²) in [5.41, 5.74) is 16.1. The van der Waals surface area contributed by atoms with Crippen LogP contribution in [0.3, 0.4) is 0 Å². The molecule has 2 aliphatic heterocycles. The SMILES string of the molecule is Cn1cc(C2=C3N=CN(N)C=C3N(Cc3cccc(-c4ccnc(N)c4)c3)N2)cn1. The van der Waals surface area contributed by atoms with Gasteiger partial charge in [-0.15, -0.1) is 0 Å². The van der Waals surface area contributed by atoms with Crippen molar-refractivity contribution in [3.05, 3.63) is 83.7 Å². The van der Waals surface area contributed by atoms with Crippen molar-refractivity contribution in [3.63, 3.8) is 0 Å². The molecule has 3 aromatic rings. The monoisotopic (exact) mass is 399 g/mol.